The summed E-state index contributed by atoms with van der Waals surface area (Å²) < 4.78 is 29.8. The van der Waals surface area contributed by atoms with Crippen molar-refractivity contribution in [3.63, 3.8) is 0 Å². The van der Waals surface area contributed by atoms with Crippen LogP contribution >= 0.6 is 0 Å². The summed E-state index contributed by atoms with van der Waals surface area (Å²) in [6, 6.07) is 14.0. The molecule has 0 saturated carbocycles. The first-order valence-corrected chi connectivity index (χ1v) is 10.8. The van der Waals surface area contributed by atoms with E-state index in [4.69, 9.17) is 0 Å². The number of hydrogen-bond acceptors (Lipinski definition) is 5. The molecular formula is C21H25N5O3S. The van der Waals surface area contributed by atoms with E-state index in [1.54, 1.807) is 42.6 Å². The van der Waals surface area contributed by atoms with Gasteiger partial charge in [-0.1, -0.05) is 24.3 Å². The number of imidazole rings is 1. The maximum atomic E-state index is 12.7. The fourth-order valence-corrected chi connectivity index (χ4v) is 4.04. The SMILES string of the molecule is CC(=O)Nc1ccc(-c2ccc(S(=O)(=O)NCc3cnc(N(C)C)n3C)cc2)cc1. The van der Waals surface area contributed by atoms with Crippen LogP contribution in [0.2, 0.25) is 0 Å². The van der Waals surface area contributed by atoms with Crippen molar-refractivity contribution in [3.05, 3.63) is 60.4 Å². The summed E-state index contributed by atoms with van der Waals surface area (Å²) in [5, 5.41) is 2.72. The first kappa shape index (κ1) is 21.5. The Balaban J connectivity index is 1.71. The largest absolute Gasteiger partial charge is 0.348 e. The molecule has 0 aliphatic carbocycles. The van der Waals surface area contributed by atoms with Gasteiger partial charge in [0, 0.05) is 33.8 Å². The van der Waals surface area contributed by atoms with Crippen molar-refractivity contribution < 1.29 is 13.2 Å². The second-order valence-electron chi connectivity index (χ2n) is 7.11. The number of nitrogens with zero attached hydrogens (tertiary/aromatic N) is 3. The van der Waals surface area contributed by atoms with Crippen molar-refractivity contribution in [3.8, 4) is 11.1 Å². The molecule has 158 valence electrons. The van der Waals surface area contributed by atoms with Crippen molar-refractivity contribution in [2.75, 3.05) is 24.3 Å². The molecule has 8 nitrogen and oxygen atoms in total. The molecule has 0 aliphatic heterocycles. The van der Waals surface area contributed by atoms with E-state index in [9.17, 15) is 13.2 Å². The standard InChI is InChI=1S/C21H25N5O3S/c1-15(27)24-18-9-5-16(6-10-18)17-7-11-20(12-8-17)30(28,29)23-14-19-13-22-21(25(2)3)26(19)4/h5-13,23H,14H2,1-4H3,(H,24,27). The Morgan fingerprint density at radius 3 is 2.10 bits per heavy atom. The Bertz CT molecular complexity index is 1130. The highest BCUT2D eigenvalue weighted by Crippen LogP contribution is 2.23. The normalized spacial score (nSPS) is 11.3. The van der Waals surface area contributed by atoms with Crippen molar-refractivity contribution in [2.24, 2.45) is 7.05 Å². The second kappa shape index (κ2) is 8.68. The molecule has 30 heavy (non-hydrogen) atoms. The zero-order valence-electron chi connectivity index (χ0n) is 17.4. The molecule has 1 heterocycles. The first-order valence-electron chi connectivity index (χ1n) is 9.33. The van der Waals surface area contributed by atoms with Gasteiger partial charge in [-0.3, -0.25) is 4.79 Å². The summed E-state index contributed by atoms with van der Waals surface area (Å²) in [5.74, 6) is 0.618. The zero-order valence-corrected chi connectivity index (χ0v) is 18.2. The van der Waals surface area contributed by atoms with Crippen LogP contribution in [0.25, 0.3) is 11.1 Å². The lowest BCUT2D eigenvalue weighted by atomic mass is 10.1. The monoisotopic (exact) mass is 427 g/mol. The van der Waals surface area contributed by atoms with Crippen molar-refractivity contribution in [2.45, 2.75) is 18.4 Å². The lowest BCUT2D eigenvalue weighted by molar-refractivity contribution is -0.114. The number of amides is 1. The highest BCUT2D eigenvalue weighted by Gasteiger charge is 2.16. The first-order chi connectivity index (χ1) is 14.2. The molecule has 2 N–H and O–H groups in total. The number of hydrogen-bond donors (Lipinski definition) is 2. The molecule has 3 rings (SSSR count). The predicted octanol–water partition coefficient (Wildman–Crippen LogP) is 2.59. The molecule has 9 heteroatoms. The van der Waals surface area contributed by atoms with Crippen LogP contribution < -0.4 is 14.9 Å². The molecule has 0 spiro atoms. The average molecular weight is 428 g/mol. The Hall–Kier alpha value is -3.17. The molecule has 1 aromatic heterocycles. The van der Waals surface area contributed by atoms with Gasteiger partial charge in [0.15, 0.2) is 0 Å². The summed E-state index contributed by atoms with van der Waals surface area (Å²) in [4.78, 5) is 17.5. The summed E-state index contributed by atoms with van der Waals surface area (Å²) >= 11 is 0. The smallest absolute Gasteiger partial charge is 0.240 e. The molecule has 0 radical (unpaired) electrons. The zero-order chi connectivity index (χ0) is 21.9. The molecule has 1 amide bonds. The molecule has 0 unspecified atom stereocenters. The van der Waals surface area contributed by atoms with Crippen LogP contribution in [0.1, 0.15) is 12.6 Å². The highest BCUT2D eigenvalue weighted by atomic mass is 32.2. The Kier molecular flexibility index (Phi) is 6.23. The highest BCUT2D eigenvalue weighted by molar-refractivity contribution is 7.89. The number of carbonyl (C=O) groups excluding carboxylic acids is 1. The third-order valence-corrected chi connectivity index (χ3v) is 6.02. The van der Waals surface area contributed by atoms with Crippen LogP contribution in [0.3, 0.4) is 0 Å². The van der Waals surface area contributed by atoms with Crippen molar-refractivity contribution in [1.82, 2.24) is 14.3 Å². The molecule has 2 aromatic carbocycles. The van der Waals surface area contributed by atoms with Crippen LogP contribution in [0, 0.1) is 0 Å². The number of aromatic nitrogens is 2. The Morgan fingerprint density at radius 2 is 1.60 bits per heavy atom. The molecular weight excluding hydrogens is 402 g/mol. The lowest BCUT2D eigenvalue weighted by Gasteiger charge is -2.13. The van der Waals surface area contributed by atoms with E-state index in [-0.39, 0.29) is 17.3 Å². The van der Waals surface area contributed by atoms with Crippen LogP contribution in [-0.2, 0) is 28.4 Å². The number of anilines is 2. The Morgan fingerprint density at radius 1 is 1.03 bits per heavy atom. The summed E-state index contributed by atoms with van der Waals surface area (Å²) in [7, 11) is 1.95. The van der Waals surface area contributed by atoms with Gasteiger partial charge < -0.3 is 14.8 Å². The molecule has 3 aromatic rings. The maximum Gasteiger partial charge on any atom is 0.240 e. The third-order valence-electron chi connectivity index (χ3n) is 4.61. The summed E-state index contributed by atoms with van der Waals surface area (Å²) in [6.07, 6.45) is 1.66. The van der Waals surface area contributed by atoms with E-state index in [2.05, 4.69) is 15.0 Å². The van der Waals surface area contributed by atoms with Gasteiger partial charge in [-0.25, -0.2) is 18.1 Å². The van der Waals surface area contributed by atoms with E-state index in [1.165, 1.54) is 6.92 Å². The van der Waals surface area contributed by atoms with Gasteiger partial charge in [0.25, 0.3) is 0 Å². The van der Waals surface area contributed by atoms with Crippen molar-refractivity contribution >= 4 is 27.6 Å². The van der Waals surface area contributed by atoms with Gasteiger partial charge in [0.2, 0.25) is 21.9 Å². The fraction of sp³-hybridized carbons (Fsp3) is 0.238. The quantitative estimate of drug-likeness (QED) is 0.604. The molecule has 0 bridgehead atoms. The van der Waals surface area contributed by atoms with E-state index < -0.39 is 10.0 Å². The third kappa shape index (κ3) is 4.87. The van der Waals surface area contributed by atoms with E-state index in [0.717, 1.165) is 22.8 Å². The average Bonchev–Trinajstić information content (AvgIpc) is 3.07. The minimum Gasteiger partial charge on any atom is -0.348 e. The van der Waals surface area contributed by atoms with E-state index in [1.807, 2.05) is 42.7 Å². The number of benzene rings is 2. The van der Waals surface area contributed by atoms with Crippen LogP contribution in [0.15, 0.2) is 59.6 Å². The fourth-order valence-electron chi connectivity index (χ4n) is 3.04. The van der Waals surface area contributed by atoms with Gasteiger partial charge in [-0.05, 0) is 35.4 Å². The van der Waals surface area contributed by atoms with Crippen LogP contribution in [-0.4, -0.2) is 38.0 Å². The van der Waals surface area contributed by atoms with Gasteiger partial charge >= 0.3 is 0 Å². The van der Waals surface area contributed by atoms with Gasteiger partial charge in [0.1, 0.15) is 0 Å². The number of carbonyl (C=O) groups is 1. The van der Waals surface area contributed by atoms with E-state index in [0.29, 0.717) is 5.69 Å². The Labute approximate surface area is 176 Å². The molecule has 0 fully saturated rings. The second-order valence-corrected chi connectivity index (χ2v) is 8.88. The molecule has 0 saturated heterocycles. The topological polar surface area (TPSA) is 96.3 Å². The number of nitrogens with one attached hydrogen (secondary N) is 2. The minimum absolute atomic E-state index is 0.131. The predicted molar refractivity (Wildman–Crippen MR) is 118 cm³/mol. The summed E-state index contributed by atoms with van der Waals surface area (Å²) in [5.41, 5.74) is 3.28. The summed E-state index contributed by atoms with van der Waals surface area (Å²) in [6.45, 7) is 1.60. The van der Waals surface area contributed by atoms with Gasteiger partial charge in [0.05, 0.1) is 23.3 Å². The molecule has 0 aliphatic rings. The van der Waals surface area contributed by atoms with Gasteiger partial charge in [-0.2, -0.15) is 0 Å². The molecule has 0 atom stereocenters. The maximum absolute atomic E-state index is 12.7. The number of rotatable bonds is 7. The number of sulfonamides is 1. The van der Waals surface area contributed by atoms with Gasteiger partial charge in [-0.15, -0.1) is 0 Å². The van der Waals surface area contributed by atoms with Crippen LogP contribution in [0.5, 0.6) is 0 Å². The lowest BCUT2D eigenvalue weighted by Crippen LogP contribution is -2.24. The van der Waals surface area contributed by atoms with E-state index >= 15 is 0 Å². The van der Waals surface area contributed by atoms with Crippen LogP contribution in [0.4, 0.5) is 11.6 Å². The van der Waals surface area contributed by atoms with Crippen molar-refractivity contribution in [1.29, 1.82) is 0 Å². The minimum atomic E-state index is -3.66.